The molecule has 28 heavy (non-hydrogen) atoms. The first-order valence-electron chi connectivity index (χ1n) is 9.69. The molecule has 2 fully saturated rings. The Balaban J connectivity index is 1.45. The average Bonchev–Trinajstić information content (AvgIpc) is 3.46. The molecule has 0 radical (unpaired) electrons. The zero-order chi connectivity index (χ0) is 19.1. The number of carbonyl (C=O) groups excluding carboxylic acids is 1. The van der Waals surface area contributed by atoms with Crippen molar-refractivity contribution < 1.29 is 9.53 Å². The van der Waals surface area contributed by atoms with Crippen molar-refractivity contribution in [2.45, 2.75) is 18.9 Å². The molecule has 0 bridgehead atoms. The summed E-state index contributed by atoms with van der Waals surface area (Å²) in [6.45, 7) is 3.27. The Bertz CT molecular complexity index is 1000. The molecule has 0 N–H and O–H groups in total. The molecule has 9 nitrogen and oxygen atoms in total. The van der Waals surface area contributed by atoms with Gasteiger partial charge in [-0.15, -0.1) is 5.10 Å². The number of nitrogens with zero attached hydrogens (tertiary/aromatic N) is 7. The number of rotatable bonds is 2. The highest BCUT2D eigenvalue weighted by Gasteiger charge is 2.35. The Labute approximate surface area is 162 Å². The predicted octanol–water partition coefficient (Wildman–Crippen LogP) is 1.72. The van der Waals surface area contributed by atoms with Crippen LogP contribution in [0.25, 0.3) is 16.8 Å². The number of hydrogen-bond acceptors (Lipinski definition) is 5. The first-order valence-corrected chi connectivity index (χ1v) is 9.69. The van der Waals surface area contributed by atoms with Crippen molar-refractivity contribution in [3.63, 3.8) is 0 Å². The molecule has 0 aromatic carbocycles. The molecule has 2 aliphatic rings. The molecular weight excluding hydrogens is 358 g/mol. The van der Waals surface area contributed by atoms with E-state index in [1.807, 2.05) is 39.9 Å². The number of morpholine rings is 1. The smallest absolute Gasteiger partial charge is 0.320 e. The van der Waals surface area contributed by atoms with Crippen LogP contribution in [0.5, 0.6) is 0 Å². The fourth-order valence-corrected chi connectivity index (χ4v) is 4.18. The highest BCUT2D eigenvalue weighted by molar-refractivity contribution is 5.76. The van der Waals surface area contributed by atoms with E-state index in [2.05, 4.69) is 21.5 Å². The summed E-state index contributed by atoms with van der Waals surface area (Å²) < 4.78 is 9.01. The van der Waals surface area contributed by atoms with Crippen LogP contribution in [0.15, 0.2) is 30.6 Å². The lowest BCUT2D eigenvalue weighted by atomic mass is 10.1. The Kier molecular flexibility index (Phi) is 4.23. The molecule has 5 rings (SSSR count). The molecular formula is C19H23N7O2. The summed E-state index contributed by atoms with van der Waals surface area (Å²) >= 11 is 0. The van der Waals surface area contributed by atoms with Gasteiger partial charge in [0.15, 0.2) is 0 Å². The maximum atomic E-state index is 13.0. The van der Waals surface area contributed by atoms with E-state index in [1.165, 1.54) is 0 Å². The van der Waals surface area contributed by atoms with Crippen molar-refractivity contribution in [2.75, 3.05) is 32.8 Å². The molecule has 5 heterocycles. The summed E-state index contributed by atoms with van der Waals surface area (Å²) in [6, 6.07) is 6.11. The third kappa shape index (κ3) is 2.82. The minimum Gasteiger partial charge on any atom is -0.378 e. The van der Waals surface area contributed by atoms with E-state index in [0.29, 0.717) is 26.3 Å². The van der Waals surface area contributed by atoms with E-state index in [-0.39, 0.29) is 12.1 Å². The molecule has 0 saturated carbocycles. The highest BCUT2D eigenvalue weighted by atomic mass is 16.5. The minimum absolute atomic E-state index is 0.0320. The van der Waals surface area contributed by atoms with Gasteiger partial charge in [-0.2, -0.15) is 5.10 Å². The molecule has 3 aromatic heterocycles. The number of pyridine rings is 1. The van der Waals surface area contributed by atoms with E-state index in [4.69, 9.17) is 4.74 Å². The molecule has 146 valence electrons. The van der Waals surface area contributed by atoms with Crippen molar-refractivity contribution in [1.29, 1.82) is 0 Å². The van der Waals surface area contributed by atoms with Gasteiger partial charge in [-0.25, -0.2) is 9.31 Å². The largest absolute Gasteiger partial charge is 0.378 e. The van der Waals surface area contributed by atoms with Gasteiger partial charge >= 0.3 is 6.03 Å². The standard InChI is InChI=1S/C19H23N7O2/c1-23-15(6-7-20-23)14-4-5-17-18(21-22-26(17)13-14)16-3-2-8-25(16)19(27)24-9-11-28-12-10-24/h4-7,13,16H,2-3,8-12H2,1H3/t16-/m1/s1. The lowest BCUT2D eigenvalue weighted by Gasteiger charge is -2.33. The number of likely N-dealkylation sites (tertiary alicyclic amines) is 1. The molecule has 3 aromatic rings. The van der Waals surface area contributed by atoms with Crippen LogP contribution in [0.1, 0.15) is 24.6 Å². The second-order valence-corrected chi connectivity index (χ2v) is 7.30. The first kappa shape index (κ1) is 17.2. The molecule has 0 unspecified atom stereocenters. The van der Waals surface area contributed by atoms with E-state index < -0.39 is 0 Å². The molecule has 2 saturated heterocycles. The Morgan fingerprint density at radius 3 is 2.82 bits per heavy atom. The summed E-state index contributed by atoms with van der Waals surface area (Å²) in [5.74, 6) is 0. The topological polar surface area (TPSA) is 80.8 Å². The summed E-state index contributed by atoms with van der Waals surface area (Å²) in [4.78, 5) is 16.9. The summed E-state index contributed by atoms with van der Waals surface area (Å²) in [5.41, 5.74) is 3.86. The van der Waals surface area contributed by atoms with E-state index in [0.717, 1.165) is 41.9 Å². The van der Waals surface area contributed by atoms with Gasteiger partial charge in [0.2, 0.25) is 0 Å². The Hall–Kier alpha value is -2.94. The van der Waals surface area contributed by atoms with Crippen LogP contribution in [-0.2, 0) is 11.8 Å². The zero-order valence-corrected chi connectivity index (χ0v) is 15.9. The van der Waals surface area contributed by atoms with Gasteiger partial charge in [-0.1, -0.05) is 5.21 Å². The van der Waals surface area contributed by atoms with Crippen molar-refractivity contribution in [1.82, 2.24) is 34.4 Å². The number of fused-ring (bicyclic) bond motifs is 1. The monoisotopic (exact) mass is 381 g/mol. The SMILES string of the molecule is Cn1nccc1-c1ccc2c([C@H]3CCCN3C(=O)N3CCOCC3)nnn2c1. The fraction of sp³-hybridized carbons (Fsp3) is 0.474. The minimum atomic E-state index is -0.0320. The Morgan fingerprint density at radius 2 is 2.04 bits per heavy atom. The lowest BCUT2D eigenvalue weighted by molar-refractivity contribution is 0.0421. The van der Waals surface area contributed by atoms with Crippen molar-refractivity contribution in [3.8, 4) is 11.3 Å². The summed E-state index contributed by atoms with van der Waals surface area (Å²) in [7, 11) is 1.92. The second-order valence-electron chi connectivity index (χ2n) is 7.30. The van der Waals surface area contributed by atoms with Gasteiger partial charge in [0.1, 0.15) is 5.69 Å². The van der Waals surface area contributed by atoms with Crippen LogP contribution in [0.3, 0.4) is 0 Å². The van der Waals surface area contributed by atoms with Gasteiger partial charge in [-0.3, -0.25) is 4.68 Å². The van der Waals surface area contributed by atoms with E-state index >= 15 is 0 Å². The first-order chi connectivity index (χ1) is 13.7. The van der Waals surface area contributed by atoms with Crippen LogP contribution in [0, 0.1) is 0 Å². The second kappa shape index (κ2) is 6.90. The third-order valence-electron chi connectivity index (χ3n) is 5.65. The number of ether oxygens (including phenoxy) is 1. The molecule has 1 atom stereocenters. The number of hydrogen-bond donors (Lipinski definition) is 0. The molecule has 0 spiro atoms. The van der Waals surface area contributed by atoms with Crippen molar-refractivity contribution in [2.24, 2.45) is 7.05 Å². The summed E-state index contributed by atoms with van der Waals surface area (Å²) in [6.07, 6.45) is 5.63. The van der Waals surface area contributed by atoms with Gasteiger partial charge in [0.25, 0.3) is 0 Å². The molecule has 0 aliphatic carbocycles. The van der Waals surface area contributed by atoms with Crippen LogP contribution < -0.4 is 0 Å². The van der Waals surface area contributed by atoms with Gasteiger partial charge < -0.3 is 14.5 Å². The van der Waals surface area contributed by atoms with Gasteiger partial charge in [-0.05, 0) is 31.0 Å². The number of amides is 2. The van der Waals surface area contributed by atoms with Crippen molar-refractivity contribution in [3.05, 3.63) is 36.3 Å². The van der Waals surface area contributed by atoms with Crippen LogP contribution in [0.4, 0.5) is 4.79 Å². The molecule has 2 aliphatic heterocycles. The maximum Gasteiger partial charge on any atom is 0.320 e. The van der Waals surface area contributed by atoms with Gasteiger partial charge in [0, 0.05) is 44.6 Å². The van der Waals surface area contributed by atoms with Crippen LogP contribution in [-0.4, -0.2) is 73.3 Å². The molecule has 2 amide bonds. The maximum absolute atomic E-state index is 13.0. The number of urea groups is 1. The zero-order valence-electron chi connectivity index (χ0n) is 15.9. The van der Waals surface area contributed by atoms with Gasteiger partial charge in [0.05, 0.1) is 30.5 Å². The number of aryl methyl sites for hydroxylation is 1. The van der Waals surface area contributed by atoms with E-state index in [1.54, 1.807) is 10.7 Å². The average molecular weight is 381 g/mol. The van der Waals surface area contributed by atoms with Crippen molar-refractivity contribution >= 4 is 11.5 Å². The lowest BCUT2D eigenvalue weighted by Crippen LogP contribution is -2.47. The molecule has 9 heteroatoms. The number of carbonyl (C=O) groups is 1. The normalized spacial score (nSPS) is 20.2. The number of aromatic nitrogens is 5. The van der Waals surface area contributed by atoms with E-state index in [9.17, 15) is 4.79 Å². The Morgan fingerprint density at radius 1 is 1.18 bits per heavy atom. The quantitative estimate of drug-likeness (QED) is 0.675. The fourth-order valence-electron chi connectivity index (χ4n) is 4.18. The third-order valence-corrected chi connectivity index (χ3v) is 5.65. The highest BCUT2D eigenvalue weighted by Crippen LogP contribution is 2.34. The van der Waals surface area contributed by atoms with Crippen LogP contribution in [0.2, 0.25) is 0 Å². The summed E-state index contributed by atoms with van der Waals surface area (Å²) in [5, 5.41) is 13.0. The predicted molar refractivity (Wildman–Crippen MR) is 102 cm³/mol. The van der Waals surface area contributed by atoms with Crippen LogP contribution >= 0.6 is 0 Å².